The lowest BCUT2D eigenvalue weighted by Crippen LogP contribution is -2.60. The number of ether oxygens (including phenoxy) is 2. The largest absolute Gasteiger partial charge is 0.497 e. The van der Waals surface area contributed by atoms with E-state index in [0.29, 0.717) is 11.2 Å². The van der Waals surface area contributed by atoms with Crippen molar-refractivity contribution in [1.82, 2.24) is 0 Å². The summed E-state index contributed by atoms with van der Waals surface area (Å²) < 4.78 is 10.7. The second-order valence-electron chi connectivity index (χ2n) is 10.3. The molecule has 4 fully saturated rings. The van der Waals surface area contributed by atoms with Crippen molar-refractivity contribution in [2.75, 3.05) is 7.11 Å². The van der Waals surface area contributed by atoms with Crippen molar-refractivity contribution in [2.24, 2.45) is 11.3 Å². The summed E-state index contributed by atoms with van der Waals surface area (Å²) in [7, 11) is 1.74. The van der Waals surface area contributed by atoms with E-state index in [4.69, 9.17) is 9.47 Å². The average Bonchev–Trinajstić information content (AvgIpc) is 2.73. The van der Waals surface area contributed by atoms with Crippen molar-refractivity contribution in [2.45, 2.75) is 69.6 Å². The lowest BCUT2D eigenvalue weighted by molar-refractivity contribution is -0.131. The second-order valence-corrected chi connectivity index (χ2v) is 10.3. The molecule has 4 atom stereocenters. The van der Waals surface area contributed by atoms with E-state index in [1.165, 1.54) is 63.0 Å². The smallest absolute Gasteiger partial charge is 0.308 e. The average molecular weight is 405 g/mol. The molecular formula is C27H32O3. The van der Waals surface area contributed by atoms with Gasteiger partial charge in [0.15, 0.2) is 0 Å². The third kappa shape index (κ3) is 3.05. The van der Waals surface area contributed by atoms with Crippen LogP contribution in [0.4, 0.5) is 0 Å². The zero-order chi connectivity index (χ0) is 21.0. The van der Waals surface area contributed by atoms with Crippen molar-refractivity contribution in [3.63, 3.8) is 0 Å². The van der Waals surface area contributed by atoms with Crippen LogP contribution in [0.1, 0.15) is 69.9 Å². The van der Waals surface area contributed by atoms with Crippen LogP contribution in [0.5, 0.6) is 11.5 Å². The predicted octanol–water partition coefficient (Wildman–Crippen LogP) is 6.19. The van der Waals surface area contributed by atoms with Crippen LogP contribution < -0.4 is 9.47 Å². The minimum atomic E-state index is -0.263. The Bertz CT molecular complexity index is 947. The summed E-state index contributed by atoms with van der Waals surface area (Å²) in [6.07, 6.45) is 9.07. The van der Waals surface area contributed by atoms with Crippen LogP contribution >= 0.6 is 0 Å². The van der Waals surface area contributed by atoms with Gasteiger partial charge in [-0.1, -0.05) is 37.6 Å². The molecule has 3 nitrogen and oxygen atoms in total. The first-order valence-corrected chi connectivity index (χ1v) is 11.3. The molecule has 4 aliphatic rings. The topological polar surface area (TPSA) is 35.5 Å². The molecule has 0 spiro atoms. The van der Waals surface area contributed by atoms with Gasteiger partial charge in [-0.25, -0.2) is 0 Å². The van der Waals surface area contributed by atoms with Gasteiger partial charge in [-0.05, 0) is 96.1 Å². The molecule has 0 heterocycles. The Kier molecular flexibility index (Phi) is 4.50. The summed E-state index contributed by atoms with van der Waals surface area (Å²) in [5.41, 5.74) is 3.85. The number of carbonyl (C=O) groups is 1. The lowest BCUT2D eigenvalue weighted by Gasteiger charge is -2.67. The van der Waals surface area contributed by atoms with Gasteiger partial charge in [0.05, 0.1) is 7.11 Å². The van der Waals surface area contributed by atoms with Crippen molar-refractivity contribution in [3.05, 3.63) is 59.7 Å². The fourth-order valence-electron chi connectivity index (χ4n) is 7.66. The molecule has 0 aliphatic heterocycles. The molecular weight excluding hydrogens is 372 g/mol. The third-order valence-electron chi connectivity index (χ3n) is 8.36. The Balaban J connectivity index is 1.55. The number of benzene rings is 2. The highest BCUT2D eigenvalue weighted by atomic mass is 16.5. The molecule has 0 aromatic heterocycles. The molecule has 0 radical (unpaired) electrons. The first-order valence-electron chi connectivity index (χ1n) is 11.3. The highest BCUT2D eigenvalue weighted by Crippen LogP contribution is 2.71. The number of esters is 1. The summed E-state index contributed by atoms with van der Waals surface area (Å²) in [6, 6.07) is 17.3. The van der Waals surface area contributed by atoms with Crippen LogP contribution in [-0.4, -0.2) is 13.1 Å². The Morgan fingerprint density at radius 1 is 0.867 bits per heavy atom. The molecule has 2 aromatic rings. The van der Waals surface area contributed by atoms with E-state index < -0.39 is 0 Å². The number of hydrogen-bond donors (Lipinski definition) is 0. The molecule has 4 bridgehead atoms. The Labute approximate surface area is 179 Å². The van der Waals surface area contributed by atoms with E-state index >= 15 is 0 Å². The van der Waals surface area contributed by atoms with Gasteiger partial charge in [-0.15, -0.1) is 0 Å². The van der Waals surface area contributed by atoms with Gasteiger partial charge in [-0.2, -0.15) is 0 Å². The number of carbonyl (C=O) groups excluding carboxylic acids is 1. The Morgan fingerprint density at radius 3 is 1.87 bits per heavy atom. The van der Waals surface area contributed by atoms with Crippen LogP contribution in [0.25, 0.3) is 0 Å². The van der Waals surface area contributed by atoms with Gasteiger partial charge in [0.1, 0.15) is 11.5 Å². The van der Waals surface area contributed by atoms with E-state index in [0.717, 1.165) is 11.7 Å². The van der Waals surface area contributed by atoms with Crippen LogP contribution in [0, 0.1) is 11.3 Å². The van der Waals surface area contributed by atoms with Crippen molar-refractivity contribution in [1.29, 1.82) is 0 Å². The molecule has 6 rings (SSSR count). The molecule has 4 aliphatic carbocycles. The molecule has 0 saturated heterocycles. The van der Waals surface area contributed by atoms with Crippen LogP contribution in [0.3, 0.4) is 0 Å². The molecule has 2 aromatic carbocycles. The fraction of sp³-hybridized carbons (Fsp3) is 0.519. The molecule has 3 heteroatoms. The monoisotopic (exact) mass is 404 g/mol. The predicted molar refractivity (Wildman–Crippen MR) is 118 cm³/mol. The zero-order valence-electron chi connectivity index (χ0n) is 18.4. The van der Waals surface area contributed by atoms with Crippen molar-refractivity contribution >= 4 is 5.97 Å². The van der Waals surface area contributed by atoms with E-state index in [-0.39, 0.29) is 16.8 Å². The van der Waals surface area contributed by atoms with Crippen molar-refractivity contribution < 1.29 is 14.3 Å². The first kappa shape index (κ1) is 19.7. The zero-order valence-corrected chi connectivity index (χ0v) is 18.4. The molecule has 4 unspecified atom stereocenters. The maximum atomic E-state index is 11.3. The van der Waals surface area contributed by atoms with Gasteiger partial charge >= 0.3 is 5.97 Å². The van der Waals surface area contributed by atoms with E-state index in [1.807, 2.05) is 12.1 Å². The number of rotatable bonds is 5. The number of methoxy groups -OCH3 is 1. The fourth-order valence-corrected chi connectivity index (χ4v) is 7.66. The summed E-state index contributed by atoms with van der Waals surface area (Å²) in [5, 5.41) is 0. The SMILES string of the molecule is CCC12CC3CC(c4ccc(OC)cc4)(C1)CC(c1ccc(OC(C)=O)cc1)(C3)C2. The molecule has 158 valence electrons. The summed E-state index contributed by atoms with van der Waals surface area (Å²) in [5.74, 6) is 2.10. The van der Waals surface area contributed by atoms with E-state index in [9.17, 15) is 4.79 Å². The van der Waals surface area contributed by atoms with Gasteiger partial charge in [-0.3, -0.25) is 4.79 Å². The highest BCUT2D eigenvalue weighted by Gasteiger charge is 2.63. The van der Waals surface area contributed by atoms with E-state index in [2.05, 4.69) is 43.3 Å². The van der Waals surface area contributed by atoms with Gasteiger partial charge < -0.3 is 9.47 Å². The maximum absolute atomic E-state index is 11.3. The summed E-state index contributed by atoms with van der Waals surface area (Å²) >= 11 is 0. The van der Waals surface area contributed by atoms with Gasteiger partial charge in [0.2, 0.25) is 0 Å². The standard InChI is InChI=1S/C27H32O3/c1-4-25-13-20-14-26(16-25,21-5-9-23(29-3)10-6-21)18-27(15-20,17-25)22-7-11-24(12-8-22)30-19(2)28/h5-12,20H,4,13-18H2,1-3H3. The third-order valence-corrected chi connectivity index (χ3v) is 8.36. The Morgan fingerprint density at radius 2 is 1.40 bits per heavy atom. The minimum absolute atomic E-state index is 0.226. The Hall–Kier alpha value is -2.29. The van der Waals surface area contributed by atoms with Gasteiger partial charge in [0, 0.05) is 6.92 Å². The second kappa shape index (κ2) is 6.87. The summed E-state index contributed by atoms with van der Waals surface area (Å²) in [4.78, 5) is 11.3. The van der Waals surface area contributed by atoms with Gasteiger partial charge in [0.25, 0.3) is 0 Å². The quantitative estimate of drug-likeness (QED) is 0.440. The molecule has 4 saturated carbocycles. The van der Waals surface area contributed by atoms with Crippen LogP contribution in [0.2, 0.25) is 0 Å². The minimum Gasteiger partial charge on any atom is -0.497 e. The van der Waals surface area contributed by atoms with E-state index in [1.54, 1.807) is 7.11 Å². The molecule has 30 heavy (non-hydrogen) atoms. The molecule has 0 amide bonds. The lowest BCUT2D eigenvalue weighted by atomic mass is 9.37. The normalized spacial score (nSPS) is 34.0. The maximum Gasteiger partial charge on any atom is 0.308 e. The first-order chi connectivity index (χ1) is 14.4. The number of hydrogen-bond acceptors (Lipinski definition) is 3. The summed E-state index contributed by atoms with van der Waals surface area (Å²) in [6.45, 7) is 3.85. The molecule has 0 N–H and O–H groups in total. The highest BCUT2D eigenvalue weighted by molar-refractivity contribution is 5.69. The van der Waals surface area contributed by atoms with Crippen LogP contribution in [0.15, 0.2) is 48.5 Å². The van der Waals surface area contributed by atoms with Crippen LogP contribution in [-0.2, 0) is 15.6 Å². The van der Waals surface area contributed by atoms with Crippen molar-refractivity contribution in [3.8, 4) is 11.5 Å².